The standard InChI is InChI=1S/C15H20N2S/c1-10-7-11(2)14(12(3)8-10)15-17-13(9-18-15)5-4-6-16/h7-9H,4-6,16H2,1-3H3. The van der Waals surface area contributed by atoms with E-state index < -0.39 is 0 Å². The third kappa shape index (κ3) is 2.79. The van der Waals surface area contributed by atoms with E-state index in [4.69, 9.17) is 10.7 Å². The molecule has 2 aromatic rings. The molecule has 0 aliphatic carbocycles. The van der Waals surface area contributed by atoms with Crippen molar-refractivity contribution in [3.8, 4) is 10.6 Å². The van der Waals surface area contributed by atoms with Crippen LogP contribution in [0.1, 0.15) is 28.8 Å². The van der Waals surface area contributed by atoms with Gasteiger partial charge in [0.05, 0.1) is 5.69 Å². The molecule has 0 fully saturated rings. The number of aryl methyl sites for hydroxylation is 4. The van der Waals surface area contributed by atoms with E-state index in [1.54, 1.807) is 11.3 Å². The van der Waals surface area contributed by atoms with Gasteiger partial charge < -0.3 is 5.73 Å². The molecule has 0 atom stereocenters. The lowest BCUT2D eigenvalue weighted by molar-refractivity contribution is 0.816. The smallest absolute Gasteiger partial charge is 0.124 e. The first-order valence-corrected chi connectivity index (χ1v) is 7.22. The van der Waals surface area contributed by atoms with Gasteiger partial charge in [-0.25, -0.2) is 4.98 Å². The number of hydrogen-bond donors (Lipinski definition) is 1. The molecule has 1 heterocycles. The summed E-state index contributed by atoms with van der Waals surface area (Å²) in [5.74, 6) is 0. The van der Waals surface area contributed by atoms with Crippen LogP contribution < -0.4 is 5.73 Å². The number of thiazole rings is 1. The summed E-state index contributed by atoms with van der Waals surface area (Å²) in [4.78, 5) is 4.73. The minimum atomic E-state index is 0.732. The third-order valence-corrected chi connectivity index (χ3v) is 3.99. The lowest BCUT2D eigenvalue weighted by Crippen LogP contribution is -2.00. The fourth-order valence-corrected chi connectivity index (χ4v) is 3.37. The summed E-state index contributed by atoms with van der Waals surface area (Å²) in [6.45, 7) is 7.19. The Morgan fingerprint density at radius 1 is 1.17 bits per heavy atom. The summed E-state index contributed by atoms with van der Waals surface area (Å²) in [5, 5.41) is 3.29. The van der Waals surface area contributed by atoms with Crippen molar-refractivity contribution in [1.29, 1.82) is 0 Å². The summed E-state index contributed by atoms with van der Waals surface area (Å²) in [6, 6.07) is 4.45. The largest absolute Gasteiger partial charge is 0.330 e. The molecule has 2 rings (SSSR count). The first-order chi connectivity index (χ1) is 8.61. The summed E-state index contributed by atoms with van der Waals surface area (Å²) in [7, 11) is 0. The highest BCUT2D eigenvalue weighted by atomic mass is 32.1. The predicted molar refractivity (Wildman–Crippen MR) is 79.1 cm³/mol. The van der Waals surface area contributed by atoms with Crippen LogP contribution in [0, 0.1) is 20.8 Å². The molecule has 0 saturated heterocycles. The van der Waals surface area contributed by atoms with Crippen LogP contribution in [-0.4, -0.2) is 11.5 Å². The van der Waals surface area contributed by atoms with Crippen molar-refractivity contribution in [3.63, 3.8) is 0 Å². The van der Waals surface area contributed by atoms with Gasteiger partial charge in [0.1, 0.15) is 5.01 Å². The molecule has 0 saturated carbocycles. The Labute approximate surface area is 113 Å². The predicted octanol–water partition coefficient (Wildman–Crippen LogP) is 3.63. The summed E-state index contributed by atoms with van der Waals surface area (Å²) in [5.41, 5.74) is 11.9. The van der Waals surface area contributed by atoms with Gasteiger partial charge in [-0.15, -0.1) is 11.3 Å². The summed E-state index contributed by atoms with van der Waals surface area (Å²) < 4.78 is 0. The SMILES string of the molecule is Cc1cc(C)c(-c2nc(CCCN)cs2)c(C)c1. The second-order valence-electron chi connectivity index (χ2n) is 4.81. The molecule has 0 bridgehead atoms. The van der Waals surface area contributed by atoms with Gasteiger partial charge >= 0.3 is 0 Å². The number of hydrogen-bond acceptors (Lipinski definition) is 3. The van der Waals surface area contributed by atoms with Crippen LogP contribution in [0.3, 0.4) is 0 Å². The molecule has 18 heavy (non-hydrogen) atoms. The average Bonchev–Trinajstić information content (AvgIpc) is 2.73. The highest BCUT2D eigenvalue weighted by Gasteiger charge is 2.10. The Morgan fingerprint density at radius 2 is 1.83 bits per heavy atom. The van der Waals surface area contributed by atoms with Gasteiger partial charge in [-0.1, -0.05) is 17.7 Å². The zero-order chi connectivity index (χ0) is 13.1. The van der Waals surface area contributed by atoms with E-state index in [0.717, 1.165) is 24.4 Å². The fourth-order valence-electron chi connectivity index (χ4n) is 2.34. The lowest BCUT2D eigenvalue weighted by Gasteiger charge is -2.08. The zero-order valence-electron chi connectivity index (χ0n) is 11.3. The highest BCUT2D eigenvalue weighted by molar-refractivity contribution is 7.13. The van der Waals surface area contributed by atoms with Crippen LogP contribution in [0.5, 0.6) is 0 Å². The molecule has 0 amide bonds. The van der Waals surface area contributed by atoms with Crippen LogP contribution in [0.15, 0.2) is 17.5 Å². The van der Waals surface area contributed by atoms with Crippen LogP contribution in [0.2, 0.25) is 0 Å². The van der Waals surface area contributed by atoms with E-state index in [9.17, 15) is 0 Å². The third-order valence-electron chi connectivity index (χ3n) is 3.08. The molecule has 0 aliphatic heterocycles. The number of nitrogens with two attached hydrogens (primary N) is 1. The molecule has 3 heteroatoms. The lowest BCUT2D eigenvalue weighted by atomic mass is 10.0. The Bertz CT molecular complexity index is 520. The molecule has 2 N–H and O–H groups in total. The first-order valence-electron chi connectivity index (χ1n) is 6.34. The maximum absolute atomic E-state index is 5.53. The second-order valence-corrected chi connectivity index (χ2v) is 5.67. The number of benzene rings is 1. The van der Waals surface area contributed by atoms with Gasteiger partial charge in [0.2, 0.25) is 0 Å². The number of rotatable bonds is 4. The molecule has 0 aliphatic rings. The number of aromatic nitrogens is 1. The molecule has 0 spiro atoms. The molecule has 0 unspecified atom stereocenters. The van der Waals surface area contributed by atoms with Crippen molar-refractivity contribution in [2.24, 2.45) is 5.73 Å². The zero-order valence-corrected chi connectivity index (χ0v) is 12.1. The second kappa shape index (κ2) is 5.63. The van der Waals surface area contributed by atoms with E-state index >= 15 is 0 Å². The normalized spacial score (nSPS) is 10.9. The molecule has 1 aromatic carbocycles. The van der Waals surface area contributed by atoms with Gasteiger partial charge in [0.15, 0.2) is 0 Å². The molecule has 96 valence electrons. The van der Waals surface area contributed by atoms with Crippen LogP contribution in [0.4, 0.5) is 0 Å². The van der Waals surface area contributed by atoms with E-state index in [1.165, 1.54) is 27.9 Å². The number of nitrogens with zero attached hydrogens (tertiary/aromatic N) is 1. The maximum atomic E-state index is 5.53. The average molecular weight is 260 g/mol. The fraction of sp³-hybridized carbons (Fsp3) is 0.400. The molecular weight excluding hydrogens is 240 g/mol. The molecular formula is C15H20N2S. The van der Waals surface area contributed by atoms with Gasteiger partial charge in [0.25, 0.3) is 0 Å². The van der Waals surface area contributed by atoms with E-state index in [1.807, 2.05) is 0 Å². The van der Waals surface area contributed by atoms with E-state index in [0.29, 0.717) is 0 Å². The van der Waals surface area contributed by atoms with Crippen molar-refractivity contribution in [1.82, 2.24) is 4.98 Å². The highest BCUT2D eigenvalue weighted by Crippen LogP contribution is 2.31. The quantitative estimate of drug-likeness (QED) is 0.911. The van der Waals surface area contributed by atoms with Crippen molar-refractivity contribution >= 4 is 11.3 Å². The topological polar surface area (TPSA) is 38.9 Å². The minimum absolute atomic E-state index is 0.732. The van der Waals surface area contributed by atoms with Gasteiger partial charge in [-0.3, -0.25) is 0 Å². The summed E-state index contributed by atoms with van der Waals surface area (Å²) >= 11 is 1.74. The molecule has 2 nitrogen and oxygen atoms in total. The molecule has 0 radical (unpaired) electrons. The Hall–Kier alpha value is -1.19. The minimum Gasteiger partial charge on any atom is -0.330 e. The van der Waals surface area contributed by atoms with Gasteiger partial charge in [0, 0.05) is 10.9 Å². The van der Waals surface area contributed by atoms with Crippen LogP contribution >= 0.6 is 11.3 Å². The van der Waals surface area contributed by atoms with E-state index in [-0.39, 0.29) is 0 Å². The first kappa shape index (κ1) is 13.2. The van der Waals surface area contributed by atoms with Crippen LogP contribution in [-0.2, 0) is 6.42 Å². The maximum Gasteiger partial charge on any atom is 0.124 e. The van der Waals surface area contributed by atoms with E-state index in [2.05, 4.69) is 38.3 Å². The Morgan fingerprint density at radius 3 is 2.44 bits per heavy atom. The van der Waals surface area contributed by atoms with Crippen molar-refractivity contribution in [2.45, 2.75) is 33.6 Å². The monoisotopic (exact) mass is 260 g/mol. The molecule has 1 aromatic heterocycles. The van der Waals surface area contributed by atoms with Crippen molar-refractivity contribution in [3.05, 3.63) is 39.9 Å². The summed E-state index contributed by atoms with van der Waals surface area (Å²) in [6.07, 6.45) is 1.99. The van der Waals surface area contributed by atoms with Gasteiger partial charge in [-0.2, -0.15) is 0 Å². The van der Waals surface area contributed by atoms with Crippen molar-refractivity contribution in [2.75, 3.05) is 6.54 Å². The van der Waals surface area contributed by atoms with Crippen LogP contribution in [0.25, 0.3) is 10.6 Å². The Balaban J connectivity index is 2.34. The van der Waals surface area contributed by atoms with Crippen molar-refractivity contribution < 1.29 is 0 Å². The Kier molecular flexibility index (Phi) is 4.15. The van der Waals surface area contributed by atoms with Gasteiger partial charge in [-0.05, 0) is 51.3 Å².